The van der Waals surface area contributed by atoms with Crippen LogP contribution in [-0.4, -0.2) is 51.4 Å². The number of hydrogen-bond donors (Lipinski definition) is 2. The van der Waals surface area contributed by atoms with Crippen molar-refractivity contribution in [2.75, 3.05) is 32.7 Å². The number of carbonyl (C=O) groups excluding carboxylic acids is 1. The van der Waals surface area contributed by atoms with Crippen molar-refractivity contribution >= 4 is 27.5 Å². The van der Waals surface area contributed by atoms with Crippen LogP contribution in [0.1, 0.15) is 30.9 Å². The molecule has 0 spiro atoms. The summed E-state index contributed by atoms with van der Waals surface area (Å²) in [5.74, 6) is 0.295. The summed E-state index contributed by atoms with van der Waals surface area (Å²) in [5.41, 5.74) is 1.99. The number of hydrogen-bond acceptors (Lipinski definition) is 3. The summed E-state index contributed by atoms with van der Waals surface area (Å²) in [5, 5.41) is 3.52. The number of carbonyl (C=O) groups is 1. The fourth-order valence-corrected chi connectivity index (χ4v) is 5.16. The summed E-state index contributed by atoms with van der Waals surface area (Å²) in [6.45, 7) is 6.88. The highest BCUT2D eigenvalue weighted by atomic mass is 35.5. The maximum atomic E-state index is 12.9. The molecule has 1 fully saturated rings. The molecule has 0 radical (unpaired) electrons. The van der Waals surface area contributed by atoms with Crippen LogP contribution in [0.15, 0.2) is 53.4 Å². The Kier molecular flexibility index (Phi) is 7.52. The second-order valence-corrected chi connectivity index (χ2v) is 10.3. The summed E-state index contributed by atoms with van der Waals surface area (Å²) in [7, 11) is -3.50. The summed E-state index contributed by atoms with van der Waals surface area (Å²) < 4.78 is 27.3. The van der Waals surface area contributed by atoms with Crippen molar-refractivity contribution in [3.63, 3.8) is 0 Å². The van der Waals surface area contributed by atoms with E-state index in [2.05, 4.69) is 19.2 Å². The SMILES string of the molecule is CC(C)c1ccc(S(=O)(=O)N2CC[NH+](CC(=O)NCc3ccccc3Cl)CC2)cc1. The number of sulfonamides is 1. The molecule has 1 aliphatic rings. The standard InChI is InChI=1S/C22H28ClN3O3S/c1-17(2)18-7-9-20(10-8-18)30(28,29)26-13-11-25(12-14-26)16-22(27)24-15-19-5-3-4-6-21(19)23/h3-10,17H,11-16H2,1-2H3,(H,24,27)/p+1. The molecule has 162 valence electrons. The molecule has 3 rings (SSSR count). The Morgan fingerprint density at radius 1 is 1.10 bits per heavy atom. The summed E-state index contributed by atoms with van der Waals surface area (Å²) >= 11 is 6.11. The number of benzene rings is 2. The first-order valence-corrected chi connectivity index (χ1v) is 12.0. The first kappa shape index (κ1) is 22.7. The second kappa shape index (κ2) is 9.92. The van der Waals surface area contributed by atoms with Crippen molar-refractivity contribution < 1.29 is 18.1 Å². The van der Waals surface area contributed by atoms with Gasteiger partial charge in [-0.25, -0.2) is 8.42 Å². The van der Waals surface area contributed by atoms with Gasteiger partial charge >= 0.3 is 0 Å². The first-order valence-electron chi connectivity index (χ1n) is 10.2. The van der Waals surface area contributed by atoms with Crippen LogP contribution in [0.4, 0.5) is 0 Å². The fraction of sp³-hybridized carbons (Fsp3) is 0.409. The number of halogens is 1. The zero-order valence-corrected chi connectivity index (χ0v) is 19.0. The Morgan fingerprint density at radius 2 is 1.73 bits per heavy atom. The molecule has 0 unspecified atom stereocenters. The molecular weight excluding hydrogens is 422 g/mol. The molecule has 2 aromatic carbocycles. The topological polar surface area (TPSA) is 70.9 Å². The molecule has 2 aromatic rings. The molecule has 1 amide bonds. The maximum Gasteiger partial charge on any atom is 0.275 e. The van der Waals surface area contributed by atoms with Gasteiger partial charge in [0.2, 0.25) is 10.0 Å². The van der Waals surface area contributed by atoms with E-state index in [4.69, 9.17) is 11.6 Å². The van der Waals surface area contributed by atoms with Crippen LogP contribution in [0.2, 0.25) is 5.02 Å². The van der Waals surface area contributed by atoms with Gasteiger partial charge in [-0.1, -0.05) is 55.8 Å². The predicted molar refractivity (Wildman–Crippen MR) is 118 cm³/mol. The Morgan fingerprint density at radius 3 is 2.33 bits per heavy atom. The number of piperazine rings is 1. The summed E-state index contributed by atoms with van der Waals surface area (Å²) in [6, 6.07) is 14.5. The highest BCUT2D eigenvalue weighted by Crippen LogP contribution is 2.20. The normalized spacial score (nSPS) is 16.0. The minimum absolute atomic E-state index is 0.0644. The highest BCUT2D eigenvalue weighted by Gasteiger charge is 2.31. The van der Waals surface area contributed by atoms with Crippen molar-refractivity contribution in [1.82, 2.24) is 9.62 Å². The monoisotopic (exact) mass is 450 g/mol. The first-order chi connectivity index (χ1) is 14.3. The summed E-state index contributed by atoms with van der Waals surface area (Å²) in [4.78, 5) is 13.7. The summed E-state index contributed by atoms with van der Waals surface area (Å²) in [6.07, 6.45) is 0. The van der Waals surface area contributed by atoms with E-state index in [0.29, 0.717) is 55.1 Å². The van der Waals surface area contributed by atoms with Gasteiger partial charge in [-0.2, -0.15) is 4.31 Å². The van der Waals surface area contributed by atoms with Crippen molar-refractivity contribution in [1.29, 1.82) is 0 Å². The molecule has 0 saturated carbocycles. The van der Waals surface area contributed by atoms with E-state index in [1.54, 1.807) is 18.2 Å². The average Bonchev–Trinajstić information content (AvgIpc) is 2.73. The third-order valence-corrected chi connectivity index (χ3v) is 7.74. The van der Waals surface area contributed by atoms with E-state index in [9.17, 15) is 13.2 Å². The third-order valence-electron chi connectivity index (χ3n) is 5.46. The number of nitrogens with zero attached hydrogens (tertiary/aromatic N) is 1. The molecule has 8 heteroatoms. The average molecular weight is 451 g/mol. The molecule has 0 aliphatic carbocycles. The van der Waals surface area contributed by atoms with Crippen LogP contribution in [0.3, 0.4) is 0 Å². The van der Waals surface area contributed by atoms with E-state index in [1.807, 2.05) is 30.3 Å². The van der Waals surface area contributed by atoms with E-state index in [0.717, 1.165) is 16.0 Å². The van der Waals surface area contributed by atoms with Crippen LogP contribution in [0, 0.1) is 0 Å². The van der Waals surface area contributed by atoms with E-state index >= 15 is 0 Å². The Hall–Kier alpha value is -1.93. The third kappa shape index (κ3) is 5.60. The van der Waals surface area contributed by atoms with E-state index < -0.39 is 10.0 Å². The van der Waals surface area contributed by atoms with E-state index in [-0.39, 0.29) is 5.91 Å². The van der Waals surface area contributed by atoms with Crippen LogP contribution >= 0.6 is 11.6 Å². The largest absolute Gasteiger partial charge is 0.347 e. The van der Waals surface area contributed by atoms with Crippen molar-refractivity contribution in [2.45, 2.75) is 31.2 Å². The number of quaternary nitrogens is 1. The van der Waals surface area contributed by atoms with Gasteiger partial charge < -0.3 is 10.2 Å². The Labute approximate surface area is 183 Å². The number of amides is 1. The molecule has 6 nitrogen and oxygen atoms in total. The zero-order valence-electron chi connectivity index (χ0n) is 17.4. The fourth-order valence-electron chi connectivity index (χ4n) is 3.52. The predicted octanol–water partition coefficient (Wildman–Crippen LogP) is 1.67. The minimum Gasteiger partial charge on any atom is -0.347 e. The molecule has 1 saturated heterocycles. The van der Waals surface area contributed by atoms with Gasteiger partial charge in [0.15, 0.2) is 6.54 Å². The maximum absolute atomic E-state index is 12.9. The van der Waals surface area contributed by atoms with Gasteiger partial charge in [0, 0.05) is 11.6 Å². The molecule has 0 bridgehead atoms. The van der Waals surface area contributed by atoms with Gasteiger partial charge in [-0.3, -0.25) is 4.79 Å². The minimum atomic E-state index is -3.50. The van der Waals surface area contributed by atoms with Gasteiger partial charge in [0.25, 0.3) is 5.91 Å². The van der Waals surface area contributed by atoms with Gasteiger partial charge in [-0.05, 0) is 35.2 Å². The number of nitrogens with one attached hydrogen (secondary N) is 2. The highest BCUT2D eigenvalue weighted by molar-refractivity contribution is 7.89. The van der Waals surface area contributed by atoms with Crippen molar-refractivity contribution in [3.8, 4) is 0 Å². The second-order valence-electron chi connectivity index (χ2n) is 7.92. The molecule has 2 N–H and O–H groups in total. The molecule has 1 aliphatic heterocycles. The smallest absolute Gasteiger partial charge is 0.275 e. The van der Waals surface area contributed by atoms with Gasteiger partial charge in [-0.15, -0.1) is 0 Å². The van der Waals surface area contributed by atoms with Crippen molar-refractivity contribution in [3.05, 3.63) is 64.7 Å². The lowest BCUT2D eigenvalue weighted by atomic mass is 10.0. The number of rotatable bonds is 7. The van der Waals surface area contributed by atoms with Gasteiger partial charge in [0.1, 0.15) is 0 Å². The van der Waals surface area contributed by atoms with Crippen LogP contribution in [0.5, 0.6) is 0 Å². The molecule has 1 heterocycles. The zero-order chi connectivity index (χ0) is 21.7. The van der Waals surface area contributed by atoms with Crippen LogP contribution < -0.4 is 10.2 Å². The Bertz CT molecular complexity index is 969. The molecule has 30 heavy (non-hydrogen) atoms. The molecule has 0 atom stereocenters. The van der Waals surface area contributed by atoms with Crippen LogP contribution in [-0.2, 0) is 21.4 Å². The lowest BCUT2D eigenvalue weighted by Crippen LogP contribution is -3.15. The molecular formula is C22H29ClN3O3S+. The lowest BCUT2D eigenvalue weighted by Gasteiger charge is -2.31. The van der Waals surface area contributed by atoms with Gasteiger partial charge in [0.05, 0.1) is 31.1 Å². The van der Waals surface area contributed by atoms with Crippen LogP contribution in [0.25, 0.3) is 0 Å². The van der Waals surface area contributed by atoms with E-state index in [1.165, 1.54) is 4.31 Å². The Balaban J connectivity index is 1.50. The van der Waals surface area contributed by atoms with Crippen molar-refractivity contribution in [2.24, 2.45) is 0 Å². The molecule has 0 aromatic heterocycles. The quantitative estimate of drug-likeness (QED) is 0.674. The lowest BCUT2D eigenvalue weighted by molar-refractivity contribution is -0.895.